The Morgan fingerprint density at radius 2 is 1.64 bits per heavy atom. The van der Waals surface area contributed by atoms with E-state index >= 15 is 0 Å². The largest absolute Gasteiger partial charge is 0.493 e. The fourth-order valence-corrected chi connectivity index (χ4v) is 5.42. The van der Waals surface area contributed by atoms with E-state index in [2.05, 4.69) is 17.4 Å². The molecule has 10 heteroatoms. The highest BCUT2D eigenvalue weighted by Crippen LogP contribution is 2.35. The molecule has 228 valence electrons. The van der Waals surface area contributed by atoms with Gasteiger partial charge in [-0.1, -0.05) is 30.3 Å². The number of rotatable bonds is 14. The van der Waals surface area contributed by atoms with E-state index in [1.165, 1.54) is 24.3 Å². The van der Waals surface area contributed by atoms with E-state index in [9.17, 15) is 24.3 Å². The number of benzene rings is 2. The third kappa shape index (κ3) is 8.24. The monoisotopic (exact) mass is 581 g/mol. The molecular formula is C32H43N3O7. The lowest BCUT2D eigenvalue weighted by Gasteiger charge is -2.32. The molecule has 2 N–H and O–H groups in total. The summed E-state index contributed by atoms with van der Waals surface area (Å²) in [4.78, 5) is 53.1. The van der Waals surface area contributed by atoms with Gasteiger partial charge in [0.2, 0.25) is 5.91 Å². The van der Waals surface area contributed by atoms with Gasteiger partial charge in [0.05, 0.1) is 25.3 Å². The van der Waals surface area contributed by atoms with E-state index in [-0.39, 0.29) is 30.7 Å². The van der Waals surface area contributed by atoms with Gasteiger partial charge in [-0.15, -0.1) is 0 Å². The number of nitrogens with zero attached hydrogens (tertiary/aromatic N) is 2. The van der Waals surface area contributed by atoms with Gasteiger partial charge in [0, 0.05) is 26.4 Å². The molecule has 2 aromatic rings. The maximum Gasteiger partial charge on any atom is 0.326 e. The predicted molar refractivity (Wildman–Crippen MR) is 159 cm³/mol. The van der Waals surface area contributed by atoms with Gasteiger partial charge in [-0.25, -0.2) is 9.59 Å². The number of amides is 3. The van der Waals surface area contributed by atoms with Gasteiger partial charge >= 0.3 is 12.0 Å². The van der Waals surface area contributed by atoms with Crippen molar-refractivity contribution in [1.29, 1.82) is 0 Å². The first kappa shape index (κ1) is 32.4. The Bertz CT molecular complexity index is 1200. The summed E-state index contributed by atoms with van der Waals surface area (Å²) >= 11 is 0. The molecule has 1 aliphatic heterocycles. The third-order valence-electron chi connectivity index (χ3n) is 7.53. The molecule has 1 heterocycles. The molecule has 2 unspecified atom stereocenters. The molecule has 10 nitrogen and oxygen atoms in total. The number of aliphatic carboxylic acids is 1. The molecule has 0 saturated carbocycles. The van der Waals surface area contributed by atoms with Crippen LogP contribution in [0.5, 0.6) is 11.5 Å². The van der Waals surface area contributed by atoms with Crippen LogP contribution in [-0.2, 0) is 16.0 Å². The van der Waals surface area contributed by atoms with Crippen molar-refractivity contribution in [3.05, 3.63) is 59.2 Å². The van der Waals surface area contributed by atoms with Crippen LogP contribution in [0.1, 0.15) is 81.4 Å². The molecule has 1 saturated heterocycles. The SMILES string of the molecule is CCOc1cc([C@@H](C)N(CCCCc2ccccc2)C(=O)NC2CC(C(=O)O)N(C(C)=O)C2)cc(OCC)c1C(C)=O. The highest BCUT2D eigenvalue weighted by molar-refractivity contribution is 5.99. The summed E-state index contributed by atoms with van der Waals surface area (Å²) in [6.07, 6.45) is 2.60. The Kier molecular flexibility index (Phi) is 11.8. The summed E-state index contributed by atoms with van der Waals surface area (Å²) in [5.41, 5.74) is 2.33. The zero-order valence-corrected chi connectivity index (χ0v) is 25.2. The number of carbonyl (C=O) groups is 4. The Hall–Kier alpha value is -4.08. The number of urea groups is 1. The first-order valence-electron chi connectivity index (χ1n) is 14.6. The second kappa shape index (κ2) is 15.2. The van der Waals surface area contributed by atoms with Crippen LogP contribution in [0.15, 0.2) is 42.5 Å². The highest BCUT2D eigenvalue weighted by Gasteiger charge is 2.39. The summed E-state index contributed by atoms with van der Waals surface area (Å²) in [6, 6.07) is 11.4. The van der Waals surface area contributed by atoms with Crippen molar-refractivity contribution in [2.45, 2.75) is 78.4 Å². The molecule has 1 fully saturated rings. The van der Waals surface area contributed by atoms with Crippen LogP contribution in [0, 0.1) is 0 Å². The Labute approximate surface area is 248 Å². The maximum atomic E-state index is 13.8. The van der Waals surface area contributed by atoms with Gasteiger partial charge < -0.3 is 29.7 Å². The normalized spacial score (nSPS) is 16.9. The Balaban J connectivity index is 1.88. The highest BCUT2D eigenvalue weighted by atomic mass is 16.5. The van der Waals surface area contributed by atoms with Crippen LogP contribution in [-0.4, -0.2) is 77.0 Å². The summed E-state index contributed by atoms with van der Waals surface area (Å²) in [5.74, 6) is -0.812. The number of Topliss-reactive ketones (excluding diaryl/α,β-unsaturated/α-hetero) is 1. The molecule has 0 radical (unpaired) electrons. The lowest BCUT2D eigenvalue weighted by atomic mass is 10.00. The number of carboxylic acids is 1. The van der Waals surface area contributed by atoms with Gasteiger partial charge in [0.15, 0.2) is 5.78 Å². The molecule has 3 rings (SSSR count). The van der Waals surface area contributed by atoms with E-state index in [0.717, 1.165) is 24.8 Å². The topological polar surface area (TPSA) is 125 Å². The maximum absolute atomic E-state index is 13.8. The number of likely N-dealkylation sites (tertiary alicyclic amines) is 1. The van der Waals surface area contributed by atoms with Crippen molar-refractivity contribution in [3.8, 4) is 11.5 Å². The smallest absolute Gasteiger partial charge is 0.326 e. The minimum absolute atomic E-state index is 0.130. The van der Waals surface area contributed by atoms with Crippen molar-refractivity contribution in [2.75, 3.05) is 26.3 Å². The molecule has 0 aromatic heterocycles. The molecule has 0 spiro atoms. The van der Waals surface area contributed by atoms with Crippen molar-refractivity contribution in [3.63, 3.8) is 0 Å². The number of carbonyl (C=O) groups excluding carboxylic acids is 3. The summed E-state index contributed by atoms with van der Waals surface area (Å²) in [7, 11) is 0. The van der Waals surface area contributed by atoms with Gasteiger partial charge in [0.1, 0.15) is 23.1 Å². The van der Waals surface area contributed by atoms with Gasteiger partial charge in [-0.2, -0.15) is 0 Å². The molecule has 0 aliphatic carbocycles. The first-order chi connectivity index (χ1) is 20.1. The van der Waals surface area contributed by atoms with Crippen LogP contribution in [0.3, 0.4) is 0 Å². The van der Waals surface area contributed by atoms with Crippen molar-refractivity contribution < 1.29 is 33.8 Å². The Morgan fingerprint density at radius 1 is 1.02 bits per heavy atom. The number of aryl methyl sites for hydroxylation is 1. The summed E-state index contributed by atoms with van der Waals surface area (Å²) < 4.78 is 11.7. The standard InChI is InChI=1S/C32H43N3O7/c1-6-41-28-17-25(18-29(42-7-2)30(28)22(4)36)21(3)34(16-12-11-15-24-13-9-8-10-14-24)32(40)33-26-19-27(31(38)39)35(20-26)23(5)37/h8-10,13-14,17-18,21,26-27H,6-7,11-12,15-16,19-20H2,1-5H3,(H,33,40)(H,38,39)/t21-,26?,27?/m1/s1. The fourth-order valence-electron chi connectivity index (χ4n) is 5.42. The zero-order chi connectivity index (χ0) is 30.8. The van der Waals surface area contributed by atoms with Crippen LogP contribution in [0.25, 0.3) is 0 Å². The lowest BCUT2D eigenvalue weighted by Crippen LogP contribution is -2.47. The summed E-state index contributed by atoms with van der Waals surface area (Å²) in [5, 5.41) is 12.6. The van der Waals surface area contributed by atoms with Gasteiger partial charge in [0.25, 0.3) is 0 Å². The van der Waals surface area contributed by atoms with Crippen LogP contribution < -0.4 is 14.8 Å². The van der Waals surface area contributed by atoms with E-state index in [1.807, 2.05) is 39.0 Å². The Morgan fingerprint density at radius 3 is 2.14 bits per heavy atom. The van der Waals surface area contributed by atoms with E-state index < -0.39 is 24.1 Å². The number of unbranched alkanes of at least 4 members (excludes halogenated alkanes) is 1. The van der Waals surface area contributed by atoms with Crippen molar-refractivity contribution >= 4 is 23.7 Å². The third-order valence-corrected chi connectivity index (χ3v) is 7.53. The van der Waals surface area contributed by atoms with E-state index in [1.54, 1.807) is 17.0 Å². The van der Waals surface area contributed by atoms with Crippen LogP contribution in [0.2, 0.25) is 0 Å². The van der Waals surface area contributed by atoms with Crippen LogP contribution in [0.4, 0.5) is 4.79 Å². The van der Waals surface area contributed by atoms with Gasteiger partial charge in [-0.05, 0) is 70.2 Å². The van der Waals surface area contributed by atoms with E-state index in [0.29, 0.717) is 36.8 Å². The zero-order valence-electron chi connectivity index (χ0n) is 25.2. The number of carboxylic acid groups (broad SMARTS) is 1. The molecule has 1 aliphatic rings. The average molecular weight is 582 g/mol. The van der Waals surface area contributed by atoms with Crippen molar-refractivity contribution in [2.24, 2.45) is 0 Å². The molecular weight excluding hydrogens is 538 g/mol. The van der Waals surface area contributed by atoms with Crippen molar-refractivity contribution in [1.82, 2.24) is 15.1 Å². The lowest BCUT2D eigenvalue weighted by molar-refractivity contribution is -0.147. The summed E-state index contributed by atoms with van der Waals surface area (Å²) in [6.45, 7) is 9.65. The minimum atomic E-state index is -1.09. The predicted octanol–water partition coefficient (Wildman–Crippen LogP) is 4.86. The first-order valence-corrected chi connectivity index (χ1v) is 14.6. The number of ether oxygens (including phenoxy) is 2. The molecule has 42 heavy (non-hydrogen) atoms. The average Bonchev–Trinajstić information content (AvgIpc) is 3.38. The van der Waals surface area contributed by atoms with E-state index in [4.69, 9.17) is 9.47 Å². The number of ketones is 1. The fraction of sp³-hybridized carbons (Fsp3) is 0.500. The van der Waals surface area contributed by atoms with Crippen LogP contribution >= 0.6 is 0 Å². The quantitative estimate of drug-likeness (QED) is 0.241. The molecule has 3 amide bonds. The number of hydrogen-bond donors (Lipinski definition) is 2. The second-order valence-electron chi connectivity index (χ2n) is 10.5. The molecule has 2 aromatic carbocycles. The molecule has 3 atom stereocenters. The van der Waals surface area contributed by atoms with Gasteiger partial charge in [-0.3, -0.25) is 9.59 Å². The number of hydrogen-bond acceptors (Lipinski definition) is 6. The second-order valence-corrected chi connectivity index (χ2v) is 10.5. The minimum Gasteiger partial charge on any atom is -0.493 e. The molecule has 0 bridgehead atoms. The number of nitrogens with one attached hydrogen (secondary N) is 1.